The van der Waals surface area contributed by atoms with Crippen molar-refractivity contribution in [2.45, 2.75) is 37.7 Å². The van der Waals surface area contributed by atoms with Crippen LogP contribution in [0.1, 0.15) is 24.2 Å². The fraction of sp³-hybridized carbons (Fsp3) is 0.471. The Morgan fingerprint density at radius 1 is 1.20 bits per heavy atom. The molecule has 1 aliphatic rings. The van der Waals surface area contributed by atoms with Crippen molar-refractivity contribution >= 4 is 11.9 Å². The molecule has 0 unspecified atom stereocenters. The number of H-pyrrole nitrogens is 1. The maximum absolute atomic E-state index is 13.7. The fourth-order valence-corrected chi connectivity index (χ4v) is 3.85. The normalized spacial score (nSPS) is 16.2. The molecule has 0 saturated carbocycles. The third-order valence-corrected chi connectivity index (χ3v) is 5.57. The van der Waals surface area contributed by atoms with Crippen molar-refractivity contribution in [3.8, 4) is 11.5 Å². The Bertz CT molecular complexity index is 703. The van der Waals surface area contributed by atoms with Crippen molar-refractivity contribution < 1.29 is 18.3 Å². The summed E-state index contributed by atoms with van der Waals surface area (Å²) >= 11 is 1.69. The average molecular weight is 369 g/mol. The van der Waals surface area contributed by atoms with Crippen LogP contribution >= 0.6 is 11.9 Å². The quantitative estimate of drug-likeness (QED) is 0.811. The molecule has 0 atom stereocenters. The van der Waals surface area contributed by atoms with E-state index in [4.69, 9.17) is 4.74 Å². The number of aryl methyl sites for hydroxylation is 2. The van der Waals surface area contributed by atoms with Crippen molar-refractivity contribution in [1.82, 2.24) is 14.5 Å². The first kappa shape index (κ1) is 18.0. The number of methoxy groups -OCH3 is 1. The lowest BCUT2D eigenvalue weighted by Crippen LogP contribution is -2.34. The molecule has 25 heavy (non-hydrogen) atoms. The lowest BCUT2D eigenvalue weighted by atomic mass is 10.1. The van der Waals surface area contributed by atoms with Gasteiger partial charge in [0.05, 0.1) is 17.7 Å². The third kappa shape index (κ3) is 4.07. The van der Waals surface area contributed by atoms with Crippen LogP contribution < -0.4 is 9.47 Å². The Balaban J connectivity index is 1.56. The van der Waals surface area contributed by atoms with E-state index < -0.39 is 11.6 Å². The number of nitrogens with one attached hydrogen (secondary N) is 1. The highest BCUT2D eigenvalue weighted by Crippen LogP contribution is 2.32. The van der Waals surface area contributed by atoms with E-state index in [9.17, 15) is 8.78 Å². The summed E-state index contributed by atoms with van der Waals surface area (Å²) in [5, 5.41) is 7.19. The molecular formula is C17H21F2N3O2S. The summed E-state index contributed by atoms with van der Waals surface area (Å²) in [5.41, 5.74) is 2.05. The molecule has 2 heterocycles. The number of piperidine rings is 1. The summed E-state index contributed by atoms with van der Waals surface area (Å²) in [6.45, 7) is 5.65. The van der Waals surface area contributed by atoms with Crippen molar-refractivity contribution in [2.75, 3.05) is 20.2 Å². The largest absolute Gasteiger partial charge is 0.491 e. The molecule has 0 radical (unpaired) electrons. The molecule has 8 heteroatoms. The molecular weight excluding hydrogens is 348 g/mol. The highest BCUT2D eigenvalue weighted by molar-refractivity contribution is 7.97. The SMILES string of the molecule is COc1c(F)cc(OC2CCN(Sc3c(C)n[nH]c3C)CC2)cc1F. The fourth-order valence-electron chi connectivity index (χ4n) is 2.84. The van der Waals surface area contributed by atoms with Gasteiger partial charge >= 0.3 is 0 Å². The van der Waals surface area contributed by atoms with Crippen LogP contribution in [0.3, 0.4) is 0 Å². The monoisotopic (exact) mass is 369 g/mol. The molecule has 0 aliphatic carbocycles. The molecule has 2 aromatic rings. The van der Waals surface area contributed by atoms with E-state index in [1.165, 1.54) is 19.2 Å². The second-order valence-electron chi connectivity index (χ2n) is 6.02. The van der Waals surface area contributed by atoms with E-state index in [2.05, 4.69) is 19.2 Å². The third-order valence-electron chi connectivity index (χ3n) is 4.16. The molecule has 1 aliphatic heterocycles. The number of hydrogen-bond acceptors (Lipinski definition) is 5. The van der Waals surface area contributed by atoms with E-state index in [1.807, 2.05) is 13.8 Å². The van der Waals surface area contributed by atoms with E-state index in [-0.39, 0.29) is 17.6 Å². The highest BCUT2D eigenvalue weighted by atomic mass is 32.2. The van der Waals surface area contributed by atoms with Crippen LogP contribution in [0.5, 0.6) is 11.5 Å². The summed E-state index contributed by atoms with van der Waals surface area (Å²) in [6.07, 6.45) is 1.52. The van der Waals surface area contributed by atoms with Gasteiger partial charge in [0.1, 0.15) is 11.9 Å². The zero-order valence-electron chi connectivity index (χ0n) is 14.4. The first-order chi connectivity index (χ1) is 12.0. The molecule has 3 rings (SSSR count). The van der Waals surface area contributed by atoms with Gasteiger partial charge in [0, 0.05) is 30.9 Å². The van der Waals surface area contributed by atoms with E-state index >= 15 is 0 Å². The minimum atomic E-state index is -0.753. The number of aromatic nitrogens is 2. The molecule has 0 bridgehead atoms. The van der Waals surface area contributed by atoms with Crippen LogP contribution in [-0.2, 0) is 0 Å². The maximum atomic E-state index is 13.7. The number of hydrogen-bond donors (Lipinski definition) is 1. The van der Waals surface area contributed by atoms with Gasteiger partial charge in [-0.2, -0.15) is 5.10 Å². The summed E-state index contributed by atoms with van der Waals surface area (Å²) in [4.78, 5) is 1.15. The molecule has 5 nitrogen and oxygen atoms in total. The van der Waals surface area contributed by atoms with Crippen LogP contribution in [0.2, 0.25) is 0 Å². The minimum absolute atomic E-state index is 0.0596. The van der Waals surface area contributed by atoms with Crippen molar-refractivity contribution in [3.05, 3.63) is 35.2 Å². The zero-order chi connectivity index (χ0) is 18.0. The second kappa shape index (κ2) is 7.61. The number of aromatic amines is 1. The number of benzene rings is 1. The van der Waals surface area contributed by atoms with Gasteiger partial charge in [0.25, 0.3) is 0 Å². The number of halogens is 2. The number of nitrogens with zero attached hydrogens (tertiary/aromatic N) is 2. The van der Waals surface area contributed by atoms with Gasteiger partial charge in [0.2, 0.25) is 0 Å². The highest BCUT2D eigenvalue weighted by Gasteiger charge is 2.23. The maximum Gasteiger partial charge on any atom is 0.190 e. The average Bonchev–Trinajstić information content (AvgIpc) is 2.88. The van der Waals surface area contributed by atoms with Gasteiger partial charge in [-0.1, -0.05) is 0 Å². The lowest BCUT2D eigenvalue weighted by molar-refractivity contribution is 0.138. The summed E-state index contributed by atoms with van der Waals surface area (Å²) in [6, 6.07) is 2.34. The van der Waals surface area contributed by atoms with Crippen molar-refractivity contribution in [1.29, 1.82) is 0 Å². The van der Waals surface area contributed by atoms with Gasteiger partial charge in [-0.15, -0.1) is 0 Å². The van der Waals surface area contributed by atoms with E-state index in [0.29, 0.717) is 0 Å². The number of rotatable bonds is 5. The Hall–Kier alpha value is -1.80. The number of ether oxygens (including phenoxy) is 2. The lowest BCUT2D eigenvalue weighted by Gasteiger charge is -2.31. The molecule has 1 saturated heterocycles. The Labute approximate surface area is 149 Å². The summed E-state index contributed by atoms with van der Waals surface area (Å²) in [5.74, 6) is -1.69. The van der Waals surface area contributed by atoms with E-state index in [0.717, 1.165) is 42.2 Å². The van der Waals surface area contributed by atoms with Crippen molar-refractivity contribution in [2.24, 2.45) is 0 Å². The van der Waals surface area contributed by atoms with Gasteiger partial charge in [-0.05, 0) is 38.6 Å². The predicted molar refractivity (Wildman–Crippen MR) is 92.1 cm³/mol. The van der Waals surface area contributed by atoms with Gasteiger partial charge in [0.15, 0.2) is 17.4 Å². The van der Waals surface area contributed by atoms with Crippen LogP contribution in [-0.4, -0.2) is 40.8 Å². The van der Waals surface area contributed by atoms with E-state index in [1.54, 1.807) is 11.9 Å². The van der Waals surface area contributed by atoms with Gasteiger partial charge in [-0.3, -0.25) is 5.10 Å². The standard InChI is InChI=1S/C17H21F2N3O2S/c1-10-17(11(2)21-20-10)25-22-6-4-12(5-7-22)24-13-8-14(18)16(23-3)15(19)9-13/h8-9,12H,4-7H2,1-3H3,(H,20,21). The molecule has 136 valence electrons. The van der Waals surface area contributed by atoms with Crippen LogP contribution in [0.15, 0.2) is 17.0 Å². The topological polar surface area (TPSA) is 50.4 Å². The molecule has 1 aromatic carbocycles. The molecule has 1 N–H and O–H groups in total. The molecule has 0 amide bonds. The Morgan fingerprint density at radius 2 is 1.84 bits per heavy atom. The smallest absolute Gasteiger partial charge is 0.190 e. The van der Waals surface area contributed by atoms with Crippen LogP contribution in [0, 0.1) is 25.5 Å². The van der Waals surface area contributed by atoms with Crippen molar-refractivity contribution in [3.63, 3.8) is 0 Å². The summed E-state index contributed by atoms with van der Waals surface area (Å²) in [7, 11) is 1.23. The first-order valence-corrected chi connectivity index (χ1v) is 8.89. The second-order valence-corrected chi connectivity index (χ2v) is 7.13. The Morgan fingerprint density at radius 3 is 2.36 bits per heavy atom. The minimum Gasteiger partial charge on any atom is -0.491 e. The van der Waals surface area contributed by atoms with Crippen LogP contribution in [0.25, 0.3) is 0 Å². The van der Waals surface area contributed by atoms with Crippen LogP contribution in [0.4, 0.5) is 8.78 Å². The van der Waals surface area contributed by atoms with Gasteiger partial charge in [-0.25, -0.2) is 13.1 Å². The summed E-state index contributed by atoms with van der Waals surface area (Å²) < 4.78 is 40.2. The molecule has 0 spiro atoms. The molecule has 1 fully saturated rings. The Kier molecular flexibility index (Phi) is 5.48. The first-order valence-electron chi connectivity index (χ1n) is 8.12. The zero-order valence-corrected chi connectivity index (χ0v) is 15.3. The predicted octanol–water partition coefficient (Wildman–Crippen LogP) is 3.86. The molecule has 1 aromatic heterocycles. The van der Waals surface area contributed by atoms with Gasteiger partial charge < -0.3 is 9.47 Å².